The average Bonchev–Trinajstić information content (AvgIpc) is 3.33. The molecule has 8 heteroatoms. The first-order valence-electron chi connectivity index (χ1n) is 7.69. The summed E-state index contributed by atoms with van der Waals surface area (Å²) in [6.07, 6.45) is 0.0664. The van der Waals surface area contributed by atoms with Crippen molar-refractivity contribution in [1.29, 1.82) is 0 Å². The summed E-state index contributed by atoms with van der Waals surface area (Å²) in [4.78, 5) is 29.5. The lowest BCUT2D eigenvalue weighted by molar-refractivity contribution is -0.141. The Morgan fingerprint density at radius 2 is 2.00 bits per heavy atom. The van der Waals surface area contributed by atoms with Crippen LogP contribution in [0.5, 0.6) is 0 Å². The van der Waals surface area contributed by atoms with Crippen LogP contribution in [0.25, 0.3) is 10.6 Å². The molecule has 0 fully saturated rings. The fourth-order valence-corrected chi connectivity index (χ4v) is 4.01. The fraction of sp³-hybridized carbons (Fsp3) is 0.167. The van der Waals surface area contributed by atoms with Gasteiger partial charge in [0.05, 0.1) is 19.6 Å². The van der Waals surface area contributed by atoms with Gasteiger partial charge in [0.25, 0.3) is 5.91 Å². The molecule has 0 bridgehead atoms. The van der Waals surface area contributed by atoms with E-state index in [0.717, 1.165) is 15.4 Å². The predicted octanol–water partition coefficient (Wildman–Crippen LogP) is 4.56. The molecule has 1 amide bonds. The van der Waals surface area contributed by atoms with Gasteiger partial charge in [-0.25, -0.2) is 4.98 Å². The normalized spacial score (nSPS) is 11.8. The van der Waals surface area contributed by atoms with E-state index in [9.17, 15) is 9.59 Å². The van der Waals surface area contributed by atoms with Gasteiger partial charge in [0.1, 0.15) is 10.7 Å². The van der Waals surface area contributed by atoms with Crippen molar-refractivity contribution in [3.63, 3.8) is 0 Å². The molecule has 0 aliphatic heterocycles. The number of aromatic nitrogens is 1. The Kier molecular flexibility index (Phi) is 6.03. The highest BCUT2D eigenvalue weighted by Crippen LogP contribution is 2.26. The smallest absolute Gasteiger partial charge is 0.307 e. The maximum absolute atomic E-state index is 12.6. The molecule has 0 saturated carbocycles. The van der Waals surface area contributed by atoms with Crippen molar-refractivity contribution in [3.8, 4) is 10.6 Å². The van der Waals surface area contributed by atoms with E-state index in [1.54, 1.807) is 17.5 Å². The largest absolute Gasteiger partial charge is 0.469 e. The monoisotopic (exact) mass is 406 g/mol. The molecule has 3 rings (SSSR count). The number of hydrogen-bond donors (Lipinski definition) is 1. The lowest BCUT2D eigenvalue weighted by Crippen LogP contribution is -2.30. The fourth-order valence-electron chi connectivity index (χ4n) is 2.30. The summed E-state index contributed by atoms with van der Waals surface area (Å²) in [6, 6.07) is 10.6. The van der Waals surface area contributed by atoms with Crippen molar-refractivity contribution >= 4 is 46.2 Å². The highest BCUT2D eigenvalue weighted by molar-refractivity contribution is 7.13. The van der Waals surface area contributed by atoms with Gasteiger partial charge in [-0.05, 0) is 23.6 Å². The molecule has 3 aromatic rings. The van der Waals surface area contributed by atoms with E-state index in [0.29, 0.717) is 10.7 Å². The third kappa shape index (κ3) is 4.49. The van der Waals surface area contributed by atoms with Gasteiger partial charge in [0, 0.05) is 20.8 Å². The van der Waals surface area contributed by atoms with Crippen LogP contribution in [-0.4, -0.2) is 24.0 Å². The molecular formula is C18H15ClN2O3S2. The quantitative estimate of drug-likeness (QED) is 0.609. The van der Waals surface area contributed by atoms with Crippen molar-refractivity contribution in [3.05, 3.63) is 62.8 Å². The first kappa shape index (κ1) is 18.6. The Hall–Kier alpha value is -2.22. The van der Waals surface area contributed by atoms with Gasteiger partial charge < -0.3 is 10.1 Å². The van der Waals surface area contributed by atoms with Crippen LogP contribution in [-0.2, 0) is 9.53 Å². The van der Waals surface area contributed by atoms with Crippen molar-refractivity contribution in [2.24, 2.45) is 0 Å². The number of thiophene rings is 1. The van der Waals surface area contributed by atoms with E-state index in [1.807, 2.05) is 29.6 Å². The number of carbonyl (C=O) groups excluding carboxylic acids is 2. The summed E-state index contributed by atoms with van der Waals surface area (Å²) in [7, 11) is 1.33. The third-order valence-corrected chi connectivity index (χ3v) is 5.75. The number of amides is 1. The van der Waals surface area contributed by atoms with E-state index in [1.165, 1.54) is 29.8 Å². The highest BCUT2D eigenvalue weighted by atomic mass is 35.5. The maximum Gasteiger partial charge on any atom is 0.307 e. The standard InChI is InChI=1S/C18H15ClN2O3S2/c1-24-16(22)9-13(15-3-2-8-25-15)20-17(23)14-10-26-18(21-14)11-4-6-12(19)7-5-11/h2-8,10,13H,9H2,1H3,(H,20,23). The van der Waals surface area contributed by atoms with E-state index >= 15 is 0 Å². The number of halogens is 1. The molecule has 0 aliphatic rings. The van der Waals surface area contributed by atoms with Gasteiger partial charge in [0.2, 0.25) is 0 Å². The number of thiazole rings is 1. The zero-order valence-electron chi connectivity index (χ0n) is 13.8. The number of hydrogen-bond acceptors (Lipinski definition) is 6. The number of rotatable bonds is 6. The van der Waals surface area contributed by atoms with E-state index < -0.39 is 6.04 Å². The van der Waals surface area contributed by atoms with Crippen molar-refractivity contribution in [1.82, 2.24) is 10.3 Å². The minimum absolute atomic E-state index is 0.0664. The Morgan fingerprint density at radius 3 is 2.65 bits per heavy atom. The van der Waals surface area contributed by atoms with Crippen LogP contribution < -0.4 is 5.32 Å². The lowest BCUT2D eigenvalue weighted by atomic mass is 10.1. The summed E-state index contributed by atoms with van der Waals surface area (Å²) in [5.74, 6) is -0.715. The third-order valence-electron chi connectivity index (χ3n) is 3.62. The Morgan fingerprint density at radius 1 is 1.23 bits per heavy atom. The number of ether oxygens (including phenoxy) is 1. The van der Waals surface area contributed by atoms with Gasteiger partial charge in [-0.2, -0.15) is 0 Å². The Balaban J connectivity index is 1.75. The molecular weight excluding hydrogens is 392 g/mol. The maximum atomic E-state index is 12.6. The van der Waals surface area contributed by atoms with Crippen LogP contribution >= 0.6 is 34.3 Å². The van der Waals surface area contributed by atoms with Crippen LogP contribution in [0, 0.1) is 0 Å². The Labute approximate surface area is 163 Å². The van der Waals surface area contributed by atoms with Crippen LogP contribution in [0.2, 0.25) is 5.02 Å². The lowest BCUT2D eigenvalue weighted by Gasteiger charge is -2.15. The topological polar surface area (TPSA) is 68.3 Å². The van der Waals surface area contributed by atoms with E-state index in [2.05, 4.69) is 10.3 Å². The molecule has 2 aromatic heterocycles. The molecule has 134 valence electrons. The van der Waals surface area contributed by atoms with Gasteiger partial charge in [-0.3, -0.25) is 9.59 Å². The molecule has 1 unspecified atom stereocenters. The summed E-state index contributed by atoms with van der Waals surface area (Å²) >= 11 is 8.74. The SMILES string of the molecule is COC(=O)CC(NC(=O)c1csc(-c2ccc(Cl)cc2)n1)c1cccs1. The second-order valence-corrected chi connectivity index (χ2v) is 7.64. The number of nitrogens with zero attached hydrogens (tertiary/aromatic N) is 1. The summed E-state index contributed by atoms with van der Waals surface area (Å²) < 4.78 is 4.73. The predicted molar refractivity (Wildman–Crippen MR) is 104 cm³/mol. The molecule has 0 radical (unpaired) electrons. The average molecular weight is 407 g/mol. The number of methoxy groups -OCH3 is 1. The van der Waals surface area contributed by atoms with E-state index in [-0.39, 0.29) is 18.3 Å². The first-order valence-corrected chi connectivity index (χ1v) is 9.83. The number of carbonyl (C=O) groups is 2. The van der Waals surface area contributed by atoms with Gasteiger partial charge in [0.15, 0.2) is 0 Å². The van der Waals surface area contributed by atoms with Crippen LogP contribution in [0.15, 0.2) is 47.2 Å². The van der Waals surface area contributed by atoms with Gasteiger partial charge in [-0.15, -0.1) is 22.7 Å². The molecule has 2 heterocycles. The number of nitrogens with one attached hydrogen (secondary N) is 1. The minimum atomic E-state index is -0.448. The molecule has 1 atom stereocenters. The zero-order valence-corrected chi connectivity index (χ0v) is 16.2. The summed E-state index contributed by atoms with van der Waals surface area (Å²) in [6.45, 7) is 0. The van der Waals surface area contributed by atoms with Crippen LogP contribution in [0.4, 0.5) is 0 Å². The molecule has 0 saturated heterocycles. The molecule has 1 aromatic carbocycles. The van der Waals surface area contributed by atoms with Gasteiger partial charge in [-0.1, -0.05) is 29.8 Å². The summed E-state index contributed by atoms with van der Waals surface area (Å²) in [5, 5.41) is 7.83. The van der Waals surface area contributed by atoms with Crippen molar-refractivity contribution < 1.29 is 14.3 Å². The van der Waals surface area contributed by atoms with Crippen LogP contribution in [0.3, 0.4) is 0 Å². The first-order chi connectivity index (χ1) is 12.6. The Bertz CT molecular complexity index is 892. The van der Waals surface area contributed by atoms with Crippen molar-refractivity contribution in [2.75, 3.05) is 7.11 Å². The molecule has 0 spiro atoms. The van der Waals surface area contributed by atoms with Gasteiger partial charge >= 0.3 is 5.97 Å². The molecule has 1 N–H and O–H groups in total. The second kappa shape index (κ2) is 8.44. The molecule has 26 heavy (non-hydrogen) atoms. The summed E-state index contributed by atoms with van der Waals surface area (Å²) in [5.41, 5.74) is 1.20. The number of esters is 1. The minimum Gasteiger partial charge on any atom is -0.469 e. The van der Waals surface area contributed by atoms with Crippen molar-refractivity contribution in [2.45, 2.75) is 12.5 Å². The van der Waals surface area contributed by atoms with E-state index in [4.69, 9.17) is 16.3 Å². The second-order valence-electron chi connectivity index (χ2n) is 5.37. The number of benzene rings is 1. The molecule has 0 aliphatic carbocycles. The zero-order chi connectivity index (χ0) is 18.5. The van der Waals surface area contributed by atoms with Crippen LogP contribution in [0.1, 0.15) is 27.8 Å². The molecule has 5 nitrogen and oxygen atoms in total. The highest BCUT2D eigenvalue weighted by Gasteiger charge is 2.22.